The number of carbonyl (C=O) groups is 1. The lowest BCUT2D eigenvalue weighted by Gasteiger charge is -2.21. The van der Waals surface area contributed by atoms with Crippen molar-refractivity contribution < 1.29 is 4.79 Å². The summed E-state index contributed by atoms with van der Waals surface area (Å²) in [7, 11) is 0. The second kappa shape index (κ2) is 7.00. The van der Waals surface area contributed by atoms with Crippen LogP contribution in [0.4, 0.5) is 5.69 Å². The van der Waals surface area contributed by atoms with Gasteiger partial charge in [-0.2, -0.15) is 0 Å². The molecule has 126 valence electrons. The number of nitrogens with two attached hydrogens (primary N) is 1. The fourth-order valence-corrected chi connectivity index (χ4v) is 3.33. The van der Waals surface area contributed by atoms with Gasteiger partial charge in [-0.15, -0.1) is 16.4 Å². The summed E-state index contributed by atoms with van der Waals surface area (Å²) >= 11 is 1.57. The van der Waals surface area contributed by atoms with E-state index in [0.29, 0.717) is 22.7 Å². The highest BCUT2D eigenvalue weighted by Gasteiger charge is 2.18. The van der Waals surface area contributed by atoms with E-state index in [-0.39, 0.29) is 5.91 Å². The molecule has 7 heteroatoms. The molecule has 0 saturated heterocycles. The monoisotopic (exact) mass is 343 g/mol. The number of fused-ring (bicyclic) bond motifs is 1. The van der Waals surface area contributed by atoms with Gasteiger partial charge in [-0.1, -0.05) is 19.9 Å². The summed E-state index contributed by atoms with van der Waals surface area (Å²) in [6.07, 6.45) is 3.57. The molecule has 2 N–H and O–H groups in total. The molecule has 0 radical (unpaired) electrons. The molecule has 0 bridgehead atoms. The maximum Gasteiger partial charge on any atom is 0.255 e. The van der Waals surface area contributed by atoms with Crippen LogP contribution < -0.4 is 5.73 Å². The Hall–Kier alpha value is -2.41. The molecule has 0 unspecified atom stereocenters. The number of amides is 1. The molecular weight excluding hydrogens is 322 g/mol. The van der Waals surface area contributed by atoms with Crippen molar-refractivity contribution in [3.8, 4) is 10.7 Å². The number of nitrogen functional groups attached to an aromatic ring is 1. The topological polar surface area (TPSA) is 76.5 Å². The van der Waals surface area contributed by atoms with Crippen LogP contribution in [0.25, 0.3) is 16.3 Å². The number of carbonyl (C=O) groups excluding carboxylic acids is 1. The third-order valence-corrected chi connectivity index (χ3v) is 4.59. The first kappa shape index (κ1) is 16.4. The number of hydrogen-bond donors (Lipinski definition) is 1. The van der Waals surface area contributed by atoms with Gasteiger partial charge in [-0.05, 0) is 30.4 Å². The van der Waals surface area contributed by atoms with Gasteiger partial charge in [0.2, 0.25) is 0 Å². The van der Waals surface area contributed by atoms with E-state index in [0.717, 1.165) is 30.8 Å². The Kier molecular flexibility index (Phi) is 4.80. The van der Waals surface area contributed by atoms with Gasteiger partial charge in [0.15, 0.2) is 11.5 Å². The van der Waals surface area contributed by atoms with E-state index < -0.39 is 0 Å². The molecule has 1 amide bonds. The molecule has 0 spiro atoms. The maximum absolute atomic E-state index is 12.8. The second-order valence-electron chi connectivity index (χ2n) is 5.66. The third kappa shape index (κ3) is 3.12. The van der Waals surface area contributed by atoms with Gasteiger partial charge < -0.3 is 10.6 Å². The van der Waals surface area contributed by atoms with Gasteiger partial charge in [0.25, 0.3) is 5.91 Å². The first-order chi connectivity index (χ1) is 11.6. The molecular formula is C17H21N5OS. The molecule has 3 aromatic heterocycles. The first-order valence-corrected chi connectivity index (χ1v) is 9.01. The summed E-state index contributed by atoms with van der Waals surface area (Å²) in [6.45, 7) is 5.61. The van der Waals surface area contributed by atoms with E-state index in [1.165, 1.54) is 0 Å². The SMILES string of the molecule is CCCN(CCC)C(=O)c1cc(N)c2nc(-c3cccs3)nn2c1. The zero-order valence-electron chi connectivity index (χ0n) is 13.9. The van der Waals surface area contributed by atoms with Crippen LogP contribution in [0.1, 0.15) is 37.0 Å². The van der Waals surface area contributed by atoms with Gasteiger partial charge >= 0.3 is 0 Å². The van der Waals surface area contributed by atoms with Crippen molar-refractivity contribution in [2.45, 2.75) is 26.7 Å². The first-order valence-electron chi connectivity index (χ1n) is 8.13. The van der Waals surface area contributed by atoms with Crippen LogP contribution in [0.3, 0.4) is 0 Å². The van der Waals surface area contributed by atoms with Crippen LogP contribution in [0.5, 0.6) is 0 Å². The van der Waals surface area contributed by atoms with Crippen LogP contribution in [0, 0.1) is 0 Å². The summed E-state index contributed by atoms with van der Waals surface area (Å²) in [4.78, 5) is 20.1. The largest absolute Gasteiger partial charge is 0.396 e. The quantitative estimate of drug-likeness (QED) is 0.745. The Balaban J connectivity index is 1.99. The third-order valence-electron chi connectivity index (χ3n) is 3.72. The van der Waals surface area contributed by atoms with E-state index in [1.54, 1.807) is 28.1 Å². The fourth-order valence-electron chi connectivity index (χ4n) is 2.68. The van der Waals surface area contributed by atoms with Crippen LogP contribution in [0.15, 0.2) is 29.8 Å². The highest BCUT2D eigenvalue weighted by Crippen LogP contribution is 2.24. The van der Waals surface area contributed by atoms with E-state index in [2.05, 4.69) is 23.9 Å². The number of thiophene rings is 1. The average Bonchev–Trinajstić information content (AvgIpc) is 3.23. The Morgan fingerprint density at radius 2 is 2.08 bits per heavy atom. The molecule has 6 nitrogen and oxygen atoms in total. The number of hydrogen-bond acceptors (Lipinski definition) is 5. The van der Waals surface area contributed by atoms with Gasteiger partial charge in [0.1, 0.15) is 0 Å². The molecule has 3 heterocycles. The molecule has 24 heavy (non-hydrogen) atoms. The summed E-state index contributed by atoms with van der Waals surface area (Å²) < 4.78 is 1.60. The van der Waals surface area contributed by atoms with Crippen molar-refractivity contribution in [1.29, 1.82) is 0 Å². The molecule has 3 aromatic rings. The van der Waals surface area contributed by atoms with Gasteiger partial charge in [0, 0.05) is 19.3 Å². The fraction of sp³-hybridized carbons (Fsp3) is 0.353. The van der Waals surface area contributed by atoms with Crippen molar-refractivity contribution in [3.05, 3.63) is 35.3 Å². The van der Waals surface area contributed by atoms with Gasteiger partial charge in [0.05, 0.1) is 16.1 Å². The smallest absolute Gasteiger partial charge is 0.255 e. The summed E-state index contributed by atoms with van der Waals surface area (Å²) in [5.74, 6) is 0.612. The summed E-state index contributed by atoms with van der Waals surface area (Å²) in [5.41, 5.74) is 7.70. The lowest BCUT2D eigenvalue weighted by molar-refractivity contribution is 0.0755. The number of anilines is 1. The Morgan fingerprint density at radius 1 is 1.33 bits per heavy atom. The molecule has 0 saturated carbocycles. The van der Waals surface area contributed by atoms with Crippen molar-refractivity contribution in [2.24, 2.45) is 0 Å². The molecule has 0 aliphatic rings. The number of pyridine rings is 1. The predicted octanol–water partition coefficient (Wildman–Crippen LogP) is 3.30. The highest BCUT2D eigenvalue weighted by molar-refractivity contribution is 7.13. The van der Waals surface area contributed by atoms with Crippen molar-refractivity contribution >= 4 is 28.6 Å². The van der Waals surface area contributed by atoms with Gasteiger partial charge in [-0.25, -0.2) is 9.50 Å². The van der Waals surface area contributed by atoms with Crippen molar-refractivity contribution in [2.75, 3.05) is 18.8 Å². The molecule has 0 aliphatic heterocycles. The Morgan fingerprint density at radius 3 is 2.71 bits per heavy atom. The van der Waals surface area contributed by atoms with E-state index >= 15 is 0 Å². The minimum atomic E-state index is -0.0135. The van der Waals surface area contributed by atoms with Crippen molar-refractivity contribution in [1.82, 2.24) is 19.5 Å². The molecule has 0 aromatic carbocycles. The Bertz CT molecular complexity index is 834. The highest BCUT2D eigenvalue weighted by atomic mass is 32.1. The maximum atomic E-state index is 12.8. The summed E-state index contributed by atoms with van der Waals surface area (Å²) in [6, 6.07) is 5.62. The van der Waals surface area contributed by atoms with Crippen LogP contribution in [0.2, 0.25) is 0 Å². The minimum Gasteiger partial charge on any atom is -0.396 e. The number of rotatable bonds is 6. The second-order valence-corrected chi connectivity index (χ2v) is 6.60. The van der Waals surface area contributed by atoms with Crippen LogP contribution in [-0.4, -0.2) is 38.5 Å². The van der Waals surface area contributed by atoms with E-state index in [1.807, 2.05) is 22.4 Å². The Labute approximate surface area is 144 Å². The summed E-state index contributed by atoms with van der Waals surface area (Å²) in [5, 5.41) is 6.45. The normalized spacial score (nSPS) is 11.1. The average molecular weight is 343 g/mol. The number of aromatic nitrogens is 3. The molecule has 0 aliphatic carbocycles. The molecule has 0 atom stereocenters. The lowest BCUT2D eigenvalue weighted by atomic mass is 10.2. The van der Waals surface area contributed by atoms with E-state index in [4.69, 9.17) is 5.73 Å². The van der Waals surface area contributed by atoms with Crippen molar-refractivity contribution in [3.63, 3.8) is 0 Å². The number of nitrogens with zero attached hydrogens (tertiary/aromatic N) is 4. The zero-order chi connectivity index (χ0) is 17.1. The van der Waals surface area contributed by atoms with Crippen LogP contribution >= 0.6 is 11.3 Å². The predicted molar refractivity (Wildman–Crippen MR) is 97.2 cm³/mol. The molecule has 0 fully saturated rings. The van der Waals surface area contributed by atoms with E-state index in [9.17, 15) is 4.79 Å². The molecule has 3 rings (SSSR count). The standard InChI is InChI=1S/C17H21N5OS/c1-3-7-21(8-4-2)17(23)12-10-13(18)16-19-15(20-22(16)11-12)14-6-5-9-24-14/h5-6,9-11H,3-4,7-8,18H2,1-2H3. The van der Waals surface area contributed by atoms with Gasteiger partial charge in [-0.3, -0.25) is 4.79 Å². The lowest BCUT2D eigenvalue weighted by Crippen LogP contribution is -2.32. The zero-order valence-corrected chi connectivity index (χ0v) is 14.7. The minimum absolute atomic E-state index is 0.0135. The van der Waals surface area contributed by atoms with Crippen LogP contribution in [-0.2, 0) is 0 Å².